The summed E-state index contributed by atoms with van der Waals surface area (Å²) >= 11 is 0. The van der Waals surface area contributed by atoms with Gasteiger partial charge in [-0.3, -0.25) is 19.7 Å². The van der Waals surface area contributed by atoms with E-state index in [1.807, 2.05) is 0 Å². The Kier molecular flexibility index (Phi) is 3.32. The summed E-state index contributed by atoms with van der Waals surface area (Å²) in [6, 6.07) is -0.613. The molecule has 1 atom stereocenters. The lowest BCUT2D eigenvalue weighted by molar-refractivity contribution is -0.152. The molecule has 6 heteroatoms. The highest BCUT2D eigenvalue weighted by atomic mass is 16.2. The first-order chi connectivity index (χ1) is 7.29. The number of amides is 3. The minimum Gasteiger partial charge on any atom is -0.320 e. The van der Waals surface area contributed by atoms with Crippen molar-refractivity contribution in [2.75, 3.05) is 13.6 Å². The van der Waals surface area contributed by atoms with Crippen LogP contribution in [0.2, 0.25) is 0 Å². The molecule has 1 unspecified atom stereocenters. The van der Waals surface area contributed by atoms with Gasteiger partial charge in [0, 0.05) is 0 Å². The second-order valence-corrected chi connectivity index (χ2v) is 4.40. The summed E-state index contributed by atoms with van der Waals surface area (Å²) in [5, 5.41) is 5.05. The second-order valence-electron chi connectivity index (χ2n) is 4.40. The SMILES string of the molecule is CNC(C)(C)C(=O)N1CC(=O)NC(=O)C1C. The van der Waals surface area contributed by atoms with Gasteiger partial charge in [0.25, 0.3) is 0 Å². The first-order valence-electron chi connectivity index (χ1n) is 5.13. The molecule has 0 aromatic heterocycles. The summed E-state index contributed by atoms with van der Waals surface area (Å²) in [4.78, 5) is 36.0. The summed E-state index contributed by atoms with van der Waals surface area (Å²) in [6.45, 7) is 4.94. The van der Waals surface area contributed by atoms with Crippen molar-refractivity contribution in [3.05, 3.63) is 0 Å². The number of carbonyl (C=O) groups is 3. The lowest BCUT2D eigenvalue weighted by atomic mass is 10.0. The molecule has 0 radical (unpaired) electrons. The molecule has 0 saturated carbocycles. The Hall–Kier alpha value is -1.43. The van der Waals surface area contributed by atoms with Gasteiger partial charge in [-0.2, -0.15) is 0 Å². The highest BCUT2D eigenvalue weighted by Gasteiger charge is 2.39. The molecule has 0 aromatic carbocycles. The maximum absolute atomic E-state index is 12.1. The third-order valence-corrected chi connectivity index (χ3v) is 2.84. The highest BCUT2D eigenvalue weighted by molar-refractivity contribution is 6.05. The average molecular weight is 227 g/mol. The molecule has 90 valence electrons. The van der Waals surface area contributed by atoms with Crippen LogP contribution in [0.1, 0.15) is 20.8 Å². The summed E-state index contributed by atoms with van der Waals surface area (Å²) in [5.74, 6) is -1.13. The number of nitrogens with zero attached hydrogens (tertiary/aromatic N) is 1. The maximum atomic E-state index is 12.1. The molecular formula is C10H17N3O3. The van der Waals surface area contributed by atoms with Crippen LogP contribution < -0.4 is 10.6 Å². The number of nitrogens with one attached hydrogen (secondary N) is 2. The molecule has 0 aromatic rings. The van der Waals surface area contributed by atoms with E-state index < -0.39 is 23.4 Å². The minimum absolute atomic E-state index is 0.0726. The zero-order valence-electron chi connectivity index (χ0n) is 9.96. The van der Waals surface area contributed by atoms with Crippen molar-refractivity contribution in [3.8, 4) is 0 Å². The van der Waals surface area contributed by atoms with Gasteiger partial charge < -0.3 is 10.2 Å². The van der Waals surface area contributed by atoms with Crippen LogP contribution >= 0.6 is 0 Å². The topological polar surface area (TPSA) is 78.5 Å². The highest BCUT2D eigenvalue weighted by Crippen LogP contribution is 2.13. The average Bonchev–Trinajstić information content (AvgIpc) is 2.22. The fourth-order valence-electron chi connectivity index (χ4n) is 1.43. The molecule has 0 spiro atoms. The summed E-state index contributed by atoms with van der Waals surface area (Å²) in [5.41, 5.74) is -0.786. The quantitative estimate of drug-likeness (QED) is 0.584. The van der Waals surface area contributed by atoms with Crippen LogP contribution in [-0.2, 0) is 14.4 Å². The van der Waals surface area contributed by atoms with E-state index in [0.717, 1.165) is 0 Å². The van der Waals surface area contributed by atoms with E-state index in [1.54, 1.807) is 27.8 Å². The van der Waals surface area contributed by atoms with E-state index in [1.165, 1.54) is 4.90 Å². The van der Waals surface area contributed by atoms with E-state index >= 15 is 0 Å². The smallest absolute Gasteiger partial charge is 0.249 e. The number of carbonyl (C=O) groups excluding carboxylic acids is 3. The van der Waals surface area contributed by atoms with Gasteiger partial charge >= 0.3 is 0 Å². The Balaban J connectivity index is 2.90. The number of hydrogen-bond acceptors (Lipinski definition) is 4. The summed E-state index contributed by atoms with van der Waals surface area (Å²) in [6.07, 6.45) is 0. The van der Waals surface area contributed by atoms with Crippen molar-refractivity contribution < 1.29 is 14.4 Å². The first kappa shape index (κ1) is 12.6. The second kappa shape index (κ2) is 4.21. The number of imide groups is 1. The van der Waals surface area contributed by atoms with Gasteiger partial charge in [-0.15, -0.1) is 0 Å². The maximum Gasteiger partial charge on any atom is 0.249 e. The van der Waals surface area contributed by atoms with E-state index in [-0.39, 0.29) is 12.5 Å². The molecule has 1 heterocycles. The van der Waals surface area contributed by atoms with E-state index in [4.69, 9.17) is 0 Å². The summed E-state index contributed by atoms with van der Waals surface area (Å²) < 4.78 is 0. The molecule has 1 aliphatic rings. The molecule has 1 aliphatic heterocycles. The van der Waals surface area contributed by atoms with Crippen molar-refractivity contribution in [1.82, 2.24) is 15.5 Å². The van der Waals surface area contributed by atoms with Gasteiger partial charge in [0.15, 0.2) is 0 Å². The lowest BCUT2D eigenvalue weighted by Gasteiger charge is -2.37. The van der Waals surface area contributed by atoms with E-state index in [0.29, 0.717) is 0 Å². The zero-order valence-corrected chi connectivity index (χ0v) is 9.96. The molecule has 0 aliphatic carbocycles. The number of likely N-dealkylation sites (N-methyl/N-ethyl adjacent to an activating group) is 1. The number of piperazine rings is 1. The molecule has 1 rings (SSSR count). The van der Waals surface area contributed by atoms with Crippen LogP contribution in [0.25, 0.3) is 0 Å². The van der Waals surface area contributed by atoms with Crippen LogP contribution in [0.3, 0.4) is 0 Å². The monoisotopic (exact) mass is 227 g/mol. The third kappa shape index (κ3) is 2.21. The van der Waals surface area contributed by atoms with Crippen LogP contribution in [0, 0.1) is 0 Å². The van der Waals surface area contributed by atoms with Crippen LogP contribution in [-0.4, -0.2) is 47.8 Å². The fourth-order valence-corrected chi connectivity index (χ4v) is 1.43. The van der Waals surface area contributed by atoms with Gasteiger partial charge in [-0.1, -0.05) is 0 Å². The van der Waals surface area contributed by atoms with Crippen LogP contribution in [0.5, 0.6) is 0 Å². The third-order valence-electron chi connectivity index (χ3n) is 2.84. The molecule has 0 bridgehead atoms. The van der Waals surface area contributed by atoms with Gasteiger partial charge in [-0.05, 0) is 27.8 Å². The first-order valence-corrected chi connectivity index (χ1v) is 5.13. The Morgan fingerprint density at radius 2 is 2.06 bits per heavy atom. The van der Waals surface area contributed by atoms with Crippen molar-refractivity contribution in [3.63, 3.8) is 0 Å². The number of rotatable bonds is 2. The molecular weight excluding hydrogens is 210 g/mol. The van der Waals surface area contributed by atoms with Gasteiger partial charge in [0.2, 0.25) is 17.7 Å². The largest absolute Gasteiger partial charge is 0.320 e. The van der Waals surface area contributed by atoms with Crippen molar-refractivity contribution >= 4 is 17.7 Å². The van der Waals surface area contributed by atoms with Gasteiger partial charge in [0.05, 0.1) is 5.54 Å². The molecule has 2 N–H and O–H groups in total. The van der Waals surface area contributed by atoms with E-state index in [2.05, 4.69) is 10.6 Å². The molecule has 6 nitrogen and oxygen atoms in total. The standard InChI is InChI=1S/C10H17N3O3/c1-6-8(15)12-7(14)5-13(6)9(16)10(2,3)11-4/h6,11H,5H2,1-4H3,(H,12,14,15). The van der Waals surface area contributed by atoms with Crippen molar-refractivity contribution in [2.24, 2.45) is 0 Å². The number of hydrogen-bond donors (Lipinski definition) is 2. The van der Waals surface area contributed by atoms with Gasteiger partial charge in [0.1, 0.15) is 12.6 Å². The Morgan fingerprint density at radius 1 is 1.50 bits per heavy atom. The predicted molar refractivity (Wildman–Crippen MR) is 57.5 cm³/mol. The fraction of sp³-hybridized carbons (Fsp3) is 0.700. The molecule has 1 saturated heterocycles. The zero-order chi connectivity index (χ0) is 12.5. The van der Waals surface area contributed by atoms with Crippen molar-refractivity contribution in [1.29, 1.82) is 0 Å². The predicted octanol–water partition coefficient (Wildman–Crippen LogP) is -1.14. The van der Waals surface area contributed by atoms with E-state index in [9.17, 15) is 14.4 Å². The molecule has 3 amide bonds. The Morgan fingerprint density at radius 3 is 2.56 bits per heavy atom. The normalized spacial score (nSPS) is 22.0. The Labute approximate surface area is 94.4 Å². The van der Waals surface area contributed by atoms with Crippen LogP contribution in [0.15, 0.2) is 0 Å². The summed E-state index contributed by atoms with van der Waals surface area (Å²) in [7, 11) is 1.66. The Bertz CT molecular complexity index is 338. The minimum atomic E-state index is -0.786. The van der Waals surface area contributed by atoms with Crippen molar-refractivity contribution in [2.45, 2.75) is 32.4 Å². The molecule has 1 fully saturated rings. The van der Waals surface area contributed by atoms with Crippen LogP contribution in [0.4, 0.5) is 0 Å². The van der Waals surface area contributed by atoms with Gasteiger partial charge in [-0.25, -0.2) is 0 Å². The molecule has 16 heavy (non-hydrogen) atoms. The lowest BCUT2D eigenvalue weighted by Crippen LogP contribution is -2.64.